The van der Waals surface area contributed by atoms with E-state index in [0.29, 0.717) is 5.92 Å². The van der Waals surface area contributed by atoms with Crippen LogP contribution in [0.1, 0.15) is 37.4 Å². The second-order valence-corrected chi connectivity index (χ2v) is 7.58. The molecule has 1 aliphatic heterocycles. The first-order chi connectivity index (χ1) is 8.79. The maximum Gasteiger partial charge on any atom is 0.324 e. The Balaban J connectivity index is 2.17. The van der Waals surface area contributed by atoms with Gasteiger partial charge in [0.15, 0.2) is 0 Å². The molecule has 1 amide bonds. The van der Waals surface area contributed by atoms with Crippen molar-refractivity contribution in [2.75, 3.05) is 0 Å². The molecule has 0 aliphatic carbocycles. The van der Waals surface area contributed by atoms with Gasteiger partial charge in [-0.25, -0.2) is 4.31 Å². The Kier molecular flexibility index (Phi) is 3.87. The summed E-state index contributed by atoms with van der Waals surface area (Å²) < 4.78 is 23.3. The normalized spacial score (nSPS) is 19.7. The molecule has 1 saturated heterocycles. The summed E-state index contributed by atoms with van der Waals surface area (Å²) >= 11 is 0. The lowest BCUT2D eigenvalue weighted by atomic mass is 9.94. The number of rotatable bonds is 4. The highest BCUT2D eigenvalue weighted by molar-refractivity contribution is 8.12. The summed E-state index contributed by atoms with van der Waals surface area (Å²) in [5.41, 5.74) is 2.00. The molecule has 1 aliphatic rings. The van der Waals surface area contributed by atoms with E-state index < -0.39 is 21.2 Å². The van der Waals surface area contributed by atoms with Gasteiger partial charge in [0.1, 0.15) is 0 Å². The van der Waals surface area contributed by atoms with Crippen molar-refractivity contribution in [3.63, 3.8) is 0 Å². The molecule has 0 radical (unpaired) electrons. The molecule has 0 bridgehead atoms. The van der Waals surface area contributed by atoms with E-state index in [9.17, 15) is 13.2 Å². The van der Waals surface area contributed by atoms with E-state index in [0.717, 1.165) is 16.3 Å². The van der Waals surface area contributed by atoms with Crippen molar-refractivity contribution < 1.29 is 13.2 Å². The minimum absolute atomic E-state index is 0.190. The molecule has 1 fully saturated rings. The number of halogens is 1. The minimum Gasteiger partial charge on any atom is -0.274 e. The topological polar surface area (TPSA) is 54.5 Å². The van der Waals surface area contributed by atoms with Crippen LogP contribution < -0.4 is 0 Å². The van der Waals surface area contributed by atoms with Crippen LogP contribution in [0.3, 0.4) is 0 Å². The van der Waals surface area contributed by atoms with Crippen LogP contribution in [0.2, 0.25) is 0 Å². The van der Waals surface area contributed by atoms with Crippen molar-refractivity contribution in [3.05, 3.63) is 35.4 Å². The Labute approximate surface area is 117 Å². The molecule has 0 aromatic heterocycles. The number of β-lactam (4-membered cyclic amide) rings is 1. The van der Waals surface area contributed by atoms with Crippen molar-refractivity contribution >= 4 is 25.8 Å². The molecule has 4 nitrogen and oxygen atoms in total. The molecule has 0 saturated carbocycles. The number of carbonyl (C=O) groups is 1. The van der Waals surface area contributed by atoms with E-state index in [2.05, 4.69) is 13.8 Å². The molecule has 1 atom stereocenters. The molecule has 0 N–H and O–H groups in total. The van der Waals surface area contributed by atoms with Gasteiger partial charge in [-0.2, -0.15) is 8.42 Å². The zero-order valence-electron chi connectivity index (χ0n) is 10.8. The van der Waals surface area contributed by atoms with Crippen LogP contribution in [-0.2, 0) is 20.5 Å². The average molecular weight is 302 g/mol. The first-order valence-corrected chi connectivity index (χ1v) is 8.41. The largest absolute Gasteiger partial charge is 0.324 e. The summed E-state index contributed by atoms with van der Waals surface area (Å²) in [6.07, 6.45) is 1.16. The fourth-order valence-electron chi connectivity index (χ4n) is 2.27. The zero-order valence-corrected chi connectivity index (χ0v) is 12.4. The van der Waals surface area contributed by atoms with Crippen molar-refractivity contribution in [3.8, 4) is 0 Å². The molecule has 2 rings (SSSR count). The summed E-state index contributed by atoms with van der Waals surface area (Å²) in [6.45, 7) is 4.28. The Hall–Kier alpha value is -1.07. The third-order valence-corrected chi connectivity index (χ3v) is 4.51. The van der Waals surface area contributed by atoms with Gasteiger partial charge in [0.2, 0.25) is 5.91 Å². The first-order valence-electron chi connectivity index (χ1n) is 6.14. The highest BCUT2D eigenvalue weighted by Gasteiger charge is 2.44. The quantitative estimate of drug-likeness (QED) is 0.634. The molecule has 6 heteroatoms. The predicted molar refractivity (Wildman–Crippen MR) is 74.0 cm³/mol. The van der Waals surface area contributed by atoms with Crippen LogP contribution in [0.5, 0.6) is 0 Å². The predicted octanol–water partition coefficient (Wildman–Crippen LogP) is 2.64. The lowest BCUT2D eigenvalue weighted by Crippen LogP contribution is -2.47. The van der Waals surface area contributed by atoms with E-state index in [1.807, 2.05) is 24.3 Å². The highest BCUT2D eigenvalue weighted by atomic mass is 35.7. The Morgan fingerprint density at radius 1 is 1.32 bits per heavy atom. The standard InChI is InChI=1S/C13H16ClNO3S/c1-9(2)7-10-3-5-11(6-4-10)12-8-13(16)15(12)19(14,17)18/h3-6,9,12H,7-8H2,1-2H3. The van der Waals surface area contributed by atoms with E-state index in [-0.39, 0.29) is 6.42 Å². The van der Waals surface area contributed by atoms with Gasteiger partial charge in [-0.05, 0) is 23.5 Å². The van der Waals surface area contributed by atoms with Crippen LogP contribution >= 0.6 is 10.7 Å². The van der Waals surface area contributed by atoms with Crippen molar-refractivity contribution in [1.82, 2.24) is 4.31 Å². The number of hydrogen-bond donors (Lipinski definition) is 0. The van der Waals surface area contributed by atoms with Crippen LogP contribution in [-0.4, -0.2) is 18.6 Å². The monoisotopic (exact) mass is 301 g/mol. The van der Waals surface area contributed by atoms with Gasteiger partial charge in [-0.3, -0.25) is 4.79 Å². The van der Waals surface area contributed by atoms with Gasteiger partial charge in [0.25, 0.3) is 0 Å². The summed E-state index contributed by atoms with van der Waals surface area (Å²) in [5, 5.41) is 0. The molecule has 1 heterocycles. The van der Waals surface area contributed by atoms with E-state index in [1.165, 1.54) is 5.56 Å². The third kappa shape index (κ3) is 3.09. The van der Waals surface area contributed by atoms with Crippen molar-refractivity contribution in [1.29, 1.82) is 0 Å². The average Bonchev–Trinajstić information content (AvgIpc) is 2.23. The molecular formula is C13H16ClNO3S. The lowest BCUT2D eigenvalue weighted by Gasteiger charge is -2.37. The van der Waals surface area contributed by atoms with E-state index in [4.69, 9.17) is 10.7 Å². The first kappa shape index (κ1) is 14.3. The SMILES string of the molecule is CC(C)Cc1ccc(C2CC(=O)N2S(=O)(=O)Cl)cc1. The van der Waals surface area contributed by atoms with Gasteiger partial charge < -0.3 is 0 Å². The van der Waals surface area contributed by atoms with Crippen LogP contribution in [0.15, 0.2) is 24.3 Å². The van der Waals surface area contributed by atoms with Gasteiger partial charge in [0, 0.05) is 10.7 Å². The highest BCUT2D eigenvalue weighted by Crippen LogP contribution is 2.38. The second-order valence-electron chi connectivity index (χ2n) is 5.19. The van der Waals surface area contributed by atoms with Crippen LogP contribution in [0.4, 0.5) is 0 Å². The maximum atomic E-state index is 11.3. The number of amides is 1. The lowest BCUT2D eigenvalue weighted by molar-refractivity contribution is -0.137. The fourth-order valence-corrected chi connectivity index (χ4v) is 3.61. The number of nitrogens with zero attached hydrogens (tertiary/aromatic N) is 1. The molecule has 1 unspecified atom stereocenters. The second kappa shape index (κ2) is 5.13. The van der Waals surface area contributed by atoms with Crippen LogP contribution in [0, 0.1) is 5.92 Å². The third-order valence-electron chi connectivity index (χ3n) is 3.14. The Morgan fingerprint density at radius 3 is 2.32 bits per heavy atom. The molecule has 104 valence electrons. The van der Waals surface area contributed by atoms with Gasteiger partial charge in [0.05, 0.1) is 12.5 Å². The maximum absolute atomic E-state index is 11.3. The molecule has 0 spiro atoms. The summed E-state index contributed by atoms with van der Waals surface area (Å²) in [4.78, 5) is 11.3. The molecule has 19 heavy (non-hydrogen) atoms. The summed E-state index contributed by atoms with van der Waals surface area (Å²) in [6, 6.07) is 7.21. The summed E-state index contributed by atoms with van der Waals surface area (Å²) in [5.74, 6) is 0.113. The van der Waals surface area contributed by atoms with Crippen molar-refractivity contribution in [2.24, 2.45) is 5.92 Å². The molecular weight excluding hydrogens is 286 g/mol. The smallest absolute Gasteiger partial charge is 0.274 e. The molecule has 1 aromatic rings. The van der Waals surface area contributed by atoms with E-state index >= 15 is 0 Å². The zero-order chi connectivity index (χ0) is 14.2. The Bertz CT molecular complexity index is 580. The number of benzene rings is 1. The minimum atomic E-state index is -3.99. The van der Waals surface area contributed by atoms with Gasteiger partial charge in [-0.15, -0.1) is 0 Å². The van der Waals surface area contributed by atoms with Crippen molar-refractivity contribution in [2.45, 2.75) is 32.7 Å². The fraction of sp³-hybridized carbons (Fsp3) is 0.462. The molecule has 1 aromatic carbocycles. The van der Waals surface area contributed by atoms with Crippen LogP contribution in [0.25, 0.3) is 0 Å². The number of carbonyl (C=O) groups excluding carboxylic acids is 1. The van der Waals surface area contributed by atoms with E-state index in [1.54, 1.807) is 0 Å². The van der Waals surface area contributed by atoms with Gasteiger partial charge in [-0.1, -0.05) is 38.1 Å². The number of hydrogen-bond acceptors (Lipinski definition) is 3. The Morgan fingerprint density at radius 2 is 1.89 bits per heavy atom. The summed E-state index contributed by atoms with van der Waals surface area (Å²) in [7, 11) is 1.27. The van der Waals surface area contributed by atoms with Gasteiger partial charge >= 0.3 is 9.24 Å².